The Balaban J connectivity index is 2.28. The van der Waals surface area contributed by atoms with Gasteiger partial charge in [0.25, 0.3) is 5.91 Å². The van der Waals surface area contributed by atoms with Crippen LogP contribution in [0.25, 0.3) is 0 Å². The molecule has 1 aromatic carbocycles. The fraction of sp³-hybridized carbons (Fsp3) is 0.462. The van der Waals surface area contributed by atoms with E-state index in [2.05, 4.69) is 45.4 Å². The summed E-state index contributed by atoms with van der Waals surface area (Å²) in [4.78, 5) is 14.3. The van der Waals surface area contributed by atoms with E-state index in [0.717, 1.165) is 21.0 Å². The van der Waals surface area contributed by atoms with Crippen LogP contribution in [-0.4, -0.2) is 35.1 Å². The van der Waals surface area contributed by atoms with Crippen LogP contribution in [0, 0.1) is 9.49 Å². The zero-order valence-corrected chi connectivity index (χ0v) is 13.8. The number of carbonyl (C=O) groups is 1. The predicted molar refractivity (Wildman–Crippen MR) is 82.6 cm³/mol. The van der Waals surface area contributed by atoms with Gasteiger partial charge in [-0.3, -0.25) is 4.79 Å². The average Bonchev–Trinajstić information content (AvgIpc) is 2.72. The summed E-state index contributed by atoms with van der Waals surface area (Å²) in [6.45, 7) is 2.84. The van der Waals surface area contributed by atoms with E-state index in [-0.39, 0.29) is 18.6 Å². The van der Waals surface area contributed by atoms with Gasteiger partial charge >= 0.3 is 0 Å². The van der Waals surface area contributed by atoms with Crippen molar-refractivity contribution >= 4 is 44.4 Å². The molecular formula is C13H15BrINO2. The number of carbonyl (C=O) groups excluding carboxylic acids is 1. The molecule has 2 rings (SSSR count). The summed E-state index contributed by atoms with van der Waals surface area (Å²) >= 11 is 5.62. The highest BCUT2D eigenvalue weighted by Crippen LogP contribution is 2.28. The van der Waals surface area contributed by atoms with Gasteiger partial charge in [0, 0.05) is 14.6 Å². The van der Waals surface area contributed by atoms with Gasteiger partial charge in [-0.1, -0.05) is 6.92 Å². The molecule has 3 nitrogen and oxygen atoms in total. The van der Waals surface area contributed by atoms with Crippen molar-refractivity contribution in [2.45, 2.75) is 19.4 Å². The average molecular weight is 424 g/mol. The molecule has 0 aromatic heterocycles. The van der Waals surface area contributed by atoms with Crippen molar-refractivity contribution in [1.82, 2.24) is 4.90 Å². The fourth-order valence-corrected chi connectivity index (χ4v) is 3.26. The van der Waals surface area contributed by atoms with Gasteiger partial charge < -0.3 is 10.0 Å². The number of rotatable bonds is 2. The molecule has 1 saturated heterocycles. The zero-order valence-electron chi connectivity index (χ0n) is 10.1. The molecule has 5 heteroatoms. The molecule has 1 amide bonds. The molecular weight excluding hydrogens is 409 g/mol. The molecule has 1 heterocycles. The topological polar surface area (TPSA) is 40.5 Å². The van der Waals surface area contributed by atoms with Gasteiger partial charge in [0.05, 0.1) is 18.2 Å². The van der Waals surface area contributed by atoms with Gasteiger partial charge in [0.1, 0.15) is 0 Å². The molecule has 1 aliphatic heterocycles. The predicted octanol–water partition coefficient (Wildman–Crippen LogP) is 2.90. The van der Waals surface area contributed by atoms with E-state index in [1.54, 1.807) is 4.90 Å². The molecule has 0 saturated carbocycles. The Morgan fingerprint density at radius 2 is 2.33 bits per heavy atom. The summed E-state index contributed by atoms with van der Waals surface area (Å²) < 4.78 is 1.84. The Kier molecular flexibility index (Phi) is 4.66. The summed E-state index contributed by atoms with van der Waals surface area (Å²) in [6.07, 6.45) is 0.957. The molecule has 98 valence electrons. The van der Waals surface area contributed by atoms with Gasteiger partial charge in [0.2, 0.25) is 0 Å². The Bertz CT molecular complexity index is 466. The van der Waals surface area contributed by atoms with Crippen LogP contribution in [0.2, 0.25) is 0 Å². The lowest BCUT2D eigenvalue weighted by atomic mass is 10.0. The first kappa shape index (κ1) is 14.3. The highest BCUT2D eigenvalue weighted by Gasteiger charge is 2.34. The van der Waals surface area contributed by atoms with Gasteiger partial charge in [0.15, 0.2) is 0 Å². The smallest absolute Gasteiger partial charge is 0.255 e. The maximum Gasteiger partial charge on any atom is 0.255 e. The number of amides is 1. The van der Waals surface area contributed by atoms with E-state index >= 15 is 0 Å². The van der Waals surface area contributed by atoms with Crippen molar-refractivity contribution in [2.24, 2.45) is 5.92 Å². The van der Waals surface area contributed by atoms with E-state index < -0.39 is 0 Å². The van der Waals surface area contributed by atoms with Gasteiger partial charge in [-0.15, -0.1) is 0 Å². The first-order valence-corrected chi connectivity index (χ1v) is 7.78. The monoisotopic (exact) mass is 423 g/mol. The Morgan fingerprint density at radius 1 is 1.61 bits per heavy atom. The highest BCUT2D eigenvalue weighted by atomic mass is 127. The SMILES string of the molecule is CC1CCN(C(=O)c2cc(I)ccc2Br)C1CO. The van der Waals surface area contributed by atoms with E-state index in [1.165, 1.54) is 0 Å². The van der Waals surface area contributed by atoms with Crippen LogP contribution >= 0.6 is 38.5 Å². The van der Waals surface area contributed by atoms with Crippen LogP contribution in [0.15, 0.2) is 22.7 Å². The van der Waals surface area contributed by atoms with Crippen LogP contribution in [0.4, 0.5) is 0 Å². The Labute approximate surface area is 129 Å². The summed E-state index contributed by atoms with van der Waals surface area (Å²) in [6, 6.07) is 5.67. The van der Waals surface area contributed by atoms with E-state index in [4.69, 9.17) is 0 Å². The first-order valence-electron chi connectivity index (χ1n) is 5.91. The normalized spacial score (nSPS) is 23.4. The largest absolute Gasteiger partial charge is 0.394 e. The molecule has 1 aromatic rings. The molecule has 0 aliphatic carbocycles. The zero-order chi connectivity index (χ0) is 13.3. The van der Waals surface area contributed by atoms with Gasteiger partial charge in [-0.2, -0.15) is 0 Å². The lowest BCUT2D eigenvalue weighted by molar-refractivity contribution is 0.0647. The molecule has 0 radical (unpaired) electrons. The summed E-state index contributed by atoms with van der Waals surface area (Å²) in [7, 11) is 0. The van der Waals surface area contributed by atoms with Crippen LogP contribution in [0.1, 0.15) is 23.7 Å². The van der Waals surface area contributed by atoms with E-state index in [0.29, 0.717) is 11.5 Å². The Morgan fingerprint density at radius 3 is 3.00 bits per heavy atom. The second-order valence-electron chi connectivity index (χ2n) is 4.64. The number of likely N-dealkylation sites (tertiary alicyclic amines) is 1. The number of aliphatic hydroxyl groups excluding tert-OH is 1. The van der Waals surface area contributed by atoms with Crippen molar-refractivity contribution in [3.8, 4) is 0 Å². The lowest BCUT2D eigenvalue weighted by Gasteiger charge is -2.25. The Hall–Kier alpha value is -0.140. The second-order valence-corrected chi connectivity index (χ2v) is 6.74. The standard InChI is InChI=1S/C13H15BrINO2/c1-8-4-5-16(12(8)7-17)13(18)10-6-9(15)2-3-11(10)14/h2-3,6,8,12,17H,4-5,7H2,1H3. The number of halogens is 2. The quantitative estimate of drug-likeness (QED) is 0.743. The maximum atomic E-state index is 12.5. The van der Waals surface area contributed by atoms with Crippen LogP contribution in [-0.2, 0) is 0 Å². The van der Waals surface area contributed by atoms with Crippen molar-refractivity contribution in [3.63, 3.8) is 0 Å². The molecule has 2 unspecified atom stereocenters. The molecule has 2 atom stereocenters. The molecule has 0 spiro atoms. The lowest BCUT2D eigenvalue weighted by Crippen LogP contribution is -2.40. The van der Waals surface area contributed by atoms with E-state index in [1.807, 2.05) is 18.2 Å². The third-order valence-corrected chi connectivity index (χ3v) is 4.85. The second kappa shape index (κ2) is 5.88. The third-order valence-electron chi connectivity index (χ3n) is 3.49. The summed E-state index contributed by atoms with van der Waals surface area (Å²) in [5, 5.41) is 9.42. The summed E-state index contributed by atoms with van der Waals surface area (Å²) in [5.74, 6) is 0.365. The molecule has 1 fully saturated rings. The number of aliphatic hydroxyl groups is 1. The van der Waals surface area contributed by atoms with Crippen LogP contribution in [0.3, 0.4) is 0 Å². The van der Waals surface area contributed by atoms with Gasteiger partial charge in [-0.25, -0.2) is 0 Å². The van der Waals surface area contributed by atoms with E-state index in [9.17, 15) is 9.90 Å². The van der Waals surface area contributed by atoms with Crippen molar-refractivity contribution in [1.29, 1.82) is 0 Å². The third kappa shape index (κ3) is 2.72. The number of nitrogens with zero attached hydrogens (tertiary/aromatic N) is 1. The minimum Gasteiger partial charge on any atom is -0.394 e. The molecule has 18 heavy (non-hydrogen) atoms. The minimum atomic E-state index is -0.0535. The number of hydrogen-bond acceptors (Lipinski definition) is 2. The van der Waals surface area contributed by atoms with Crippen LogP contribution < -0.4 is 0 Å². The van der Waals surface area contributed by atoms with Crippen LogP contribution in [0.5, 0.6) is 0 Å². The van der Waals surface area contributed by atoms with Crippen molar-refractivity contribution < 1.29 is 9.90 Å². The maximum absolute atomic E-state index is 12.5. The number of benzene rings is 1. The minimum absolute atomic E-state index is 0.00351. The number of hydrogen-bond donors (Lipinski definition) is 1. The van der Waals surface area contributed by atoms with Gasteiger partial charge in [-0.05, 0) is 69.1 Å². The molecule has 0 bridgehead atoms. The fourth-order valence-electron chi connectivity index (χ4n) is 2.35. The first-order chi connectivity index (χ1) is 8.54. The molecule has 1 N–H and O–H groups in total. The highest BCUT2D eigenvalue weighted by molar-refractivity contribution is 14.1. The van der Waals surface area contributed by atoms with Crippen molar-refractivity contribution in [2.75, 3.05) is 13.2 Å². The van der Waals surface area contributed by atoms with Crippen molar-refractivity contribution in [3.05, 3.63) is 31.8 Å². The summed E-state index contributed by atoms with van der Waals surface area (Å²) in [5.41, 5.74) is 0.675. The molecule has 1 aliphatic rings.